The van der Waals surface area contributed by atoms with Crippen LogP contribution in [0.4, 0.5) is 10.6 Å². The number of hydrogen-bond acceptors (Lipinski definition) is 6. The standard InChI is InChI=1S/C18H21ClN6O2/c1-18(2,3)27-17(26)25-6-5-24(10-12(25)8-20-4)16-13-9-21-15(19)7-14(13)22-11-23-16/h7,9,11-12H,5-6,8,10H2,1-3H3/t12-/m0/s1. The lowest BCUT2D eigenvalue weighted by Gasteiger charge is -2.40. The van der Waals surface area contributed by atoms with Crippen LogP contribution in [0, 0.1) is 6.57 Å². The zero-order valence-corrected chi connectivity index (χ0v) is 16.3. The maximum atomic E-state index is 12.5. The molecule has 1 saturated heterocycles. The van der Waals surface area contributed by atoms with Gasteiger partial charge in [-0.15, -0.1) is 0 Å². The molecule has 0 unspecified atom stereocenters. The minimum atomic E-state index is -0.579. The van der Waals surface area contributed by atoms with Crippen LogP contribution in [0.1, 0.15) is 20.8 Å². The molecule has 2 aromatic rings. The number of nitrogens with zero attached hydrogens (tertiary/aromatic N) is 6. The molecule has 0 aromatic carbocycles. The maximum Gasteiger partial charge on any atom is 0.410 e. The molecule has 0 radical (unpaired) electrons. The molecule has 1 aliphatic heterocycles. The van der Waals surface area contributed by atoms with E-state index in [0.29, 0.717) is 30.3 Å². The number of aromatic nitrogens is 3. The van der Waals surface area contributed by atoms with Crippen molar-refractivity contribution in [3.8, 4) is 0 Å². The molecule has 1 amide bonds. The van der Waals surface area contributed by atoms with Crippen LogP contribution in [0.3, 0.4) is 0 Å². The SMILES string of the molecule is [C-]#[N+]C[C@H]1CN(c2ncnc3cc(Cl)ncc23)CCN1C(=O)OC(C)(C)C. The van der Waals surface area contributed by atoms with Gasteiger partial charge < -0.3 is 14.5 Å². The van der Waals surface area contributed by atoms with Crippen molar-refractivity contribution in [1.29, 1.82) is 0 Å². The average molecular weight is 389 g/mol. The third kappa shape index (κ3) is 4.37. The van der Waals surface area contributed by atoms with Crippen molar-refractivity contribution in [3.63, 3.8) is 0 Å². The summed E-state index contributed by atoms with van der Waals surface area (Å²) >= 11 is 5.95. The van der Waals surface area contributed by atoms with Crippen LogP contribution < -0.4 is 4.90 Å². The summed E-state index contributed by atoms with van der Waals surface area (Å²) in [5.41, 5.74) is 0.126. The molecule has 0 aliphatic carbocycles. The third-order valence-electron chi connectivity index (χ3n) is 4.18. The van der Waals surface area contributed by atoms with Crippen molar-refractivity contribution in [2.75, 3.05) is 31.1 Å². The molecule has 142 valence electrons. The lowest BCUT2D eigenvalue weighted by Crippen LogP contribution is -2.57. The van der Waals surface area contributed by atoms with Crippen molar-refractivity contribution in [3.05, 3.63) is 35.2 Å². The summed E-state index contributed by atoms with van der Waals surface area (Å²) in [6, 6.07) is 1.41. The number of carbonyl (C=O) groups is 1. The summed E-state index contributed by atoms with van der Waals surface area (Å²) < 4.78 is 5.49. The van der Waals surface area contributed by atoms with Gasteiger partial charge in [0.05, 0.1) is 10.9 Å². The molecule has 27 heavy (non-hydrogen) atoms. The Morgan fingerprint density at radius 1 is 1.37 bits per heavy atom. The van der Waals surface area contributed by atoms with Gasteiger partial charge in [0, 0.05) is 31.9 Å². The number of anilines is 1. The second-order valence-corrected chi connectivity index (χ2v) is 7.72. The van der Waals surface area contributed by atoms with Crippen LogP contribution in [0.5, 0.6) is 0 Å². The Bertz CT molecular complexity index is 892. The van der Waals surface area contributed by atoms with E-state index in [1.54, 1.807) is 17.2 Å². The van der Waals surface area contributed by atoms with E-state index < -0.39 is 11.7 Å². The molecule has 3 rings (SSSR count). The fourth-order valence-corrected chi connectivity index (χ4v) is 3.19. The number of ether oxygens (including phenoxy) is 1. The first-order chi connectivity index (χ1) is 12.8. The molecule has 9 heteroatoms. The summed E-state index contributed by atoms with van der Waals surface area (Å²) in [6.07, 6.45) is 2.74. The van der Waals surface area contributed by atoms with Crippen LogP contribution in [0.2, 0.25) is 5.15 Å². The highest BCUT2D eigenvalue weighted by Gasteiger charge is 2.36. The monoisotopic (exact) mass is 388 g/mol. The highest BCUT2D eigenvalue weighted by Crippen LogP contribution is 2.26. The smallest absolute Gasteiger partial charge is 0.410 e. The first kappa shape index (κ1) is 19.1. The minimum Gasteiger partial charge on any atom is -0.444 e. The van der Waals surface area contributed by atoms with Crippen LogP contribution in [-0.2, 0) is 4.74 Å². The predicted octanol–water partition coefficient (Wildman–Crippen LogP) is 3.02. The zero-order chi connectivity index (χ0) is 19.6. The quantitative estimate of drug-likeness (QED) is 0.581. The Kier molecular flexibility index (Phi) is 5.33. The number of rotatable bonds is 2. The second kappa shape index (κ2) is 7.53. The molecule has 0 N–H and O–H groups in total. The van der Waals surface area contributed by atoms with E-state index in [-0.39, 0.29) is 12.6 Å². The van der Waals surface area contributed by atoms with Gasteiger partial charge >= 0.3 is 6.09 Å². The van der Waals surface area contributed by atoms with Gasteiger partial charge in [-0.05, 0) is 20.8 Å². The summed E-state index contributed by atoms with van der Waals surface area (Å²) in [6.45, 7) is 14.4. The average Bonchev–Trinajstić information content (AvgIpc) is 2.59. The van der Waals surface area contributed by atoms with E-state index in [9.17, 15) is 4.79 Å². The molecule has 2 aromatic heterocycles. The largest absolute Gasteiger partial charge is 0.444 e. The van der Waals surface area contributed by atoms with E-state index >= 15 is 0 Å². The number of hydrogen-bond donors (Lipinski definition) is 0. The first-order valence-corrected chi connectivity index (χ1v) is 9.00. The summed E-state index contributed by atoms with van der Waals surface area (Å²) in [5, 5.41) is 1.15. The first-order valence-electron chi connectivity index (χ1n) is 8.62. The van der Waals surface area contributed by atoms with Gasteiger partial charge in [0.2, 0.25) is 6.54 Å². The minimum absolute atomic E-state index is 0.197. The van der Waals surface area contributed by atoms with E-state index in [0.717, 1.165) is 11.2 Å². The van der Waals surface area contributed by atoms with Crippen LogP contribution in [0.15, 0.2) is 18.6 Å². The summed E-state index contributed by atoms with van der Waals surface area (Å²) in [7, 11) is 0. The Labute approximate surface area is 162 Å². The normalized spacial score (nSPS) is 17.7. The Morgan fingerprint density at radius 2 is 2.15 bits per heavy atom. The number of amides is 1. The predicted molar refractivity (Wildman–Crippen MR) is 103 cm³/mol. The number of fused-ring (bicyclic) bond motifs is 1. The van der Waals surface area contributed by atoms with Crippen molar-refractivity contribution in [2.24, 2.45) is 0 Å². The lowest BCUT2D eigenvalue weighted by molar-refractivity contribution is 0.0156. The fourth-order valence-electron chi connectivity index (χ4n) is 3.04. The topological polar surface area (TPSA) is 75.8 Å². The van der Waals surface area contributed by atoms with Gasteiger partial charge in [0.15, 0.2) is 0 Å². The van der Waals surface area contributed by atoms with Gasteiger partial charge in [-0.2, -0.15) is 0 Å². The Morgan fingerprint density at radius 3 is 2.85 bits per heavy atom. The van der Waals surface area contributed by atoms with Gasteiger partial charge in [0.25, 0.3) is 0 Å². The number of piperazine rings is 1. The second-order valence-electron chi connectivity index (χ2n) is 7.34. The highest BCUT2D eigenvalue weighted by atomic mass is 35.5. The van der Waals surface area contributed by atoms with Crippen LogP contribution >= 0.6 is 11.6 Å². The molecule has 1 atom stereocenters. The van der Waals surface area contributed by atoms with Gasteiger partial charge in [0.1, 0.15) is 28.9 Å². The zero-order valence-electron chi connectivity index (χ0n) is 15.5. The molecular formula is C18H21ClN6O2. The maximum absolute atomic E-state index is 12.5. The van der Waals surface area contributed by atoms with Gasteiger partial charge in [-0.1, -0.05) is 11.6 Å². The number of carbonyl (C=O) groups excluding carboxylic acids is 1. The van der Waals surface area contributed by atoms with E-state index in [2.05, 4.69) is 24.7 Å². The lowest BCUT2D eigenvalue weighted by atomic mass is 10.1. The van der Waals surface area contributed by atoms with Crippen molar-refractivity contribution >= 4 is 34.4 Å². The van der Waals surface area contributed by atoms with Gasteiger partial charge in [-0.3, -0.25) is 4.90 Å². The van der Waals surface area contributed by atoms with Crippen molar-refractivity contribution in [1.82, 2.24) is 19.9 Å². The molecule has 0 bridgehead atoms. The third-order valence-corrected chi connectivity index (χ3v) is 4.39. The van der Waals surface area contributed by atoms with Crippen molar-refractivity contribution in [2.45, 2.75) is 32.4 Å². The van der Waals surface area contributed by atoms with Crippen molar-refractivity contribution < 1.29 is 9.53 Å². The molecule has 1 fully saturated rings. The molecular weight excluding hydrogens is 368 g/mol. The van der Waals surface area contributed by atoms with E-state index in [1.165, 1.54) is 6.33 Å². The Hall–Kier alpha value is -2.66. The summed E-state index contributed by atoms with van der Waals surface area (Å²) in [4.78, 5) is 32.5. The molecule has 3 heterocycles. The molecule has 1 aliphatic rings. The van der Waals surface area contributed by atoms with Crippen LogP contribution in [-0.4, -0.2) is 63.8 Å². The number of halogens is 1. The molecule has 0 saturated carbocycles. The van der Waals surface area contributed by atoms with Gasteiger partial charge in [-0.25, -0.2) is 26.3 Å². The fraction of sp³-hybridized carbons (Fsp3) is 0.500. The Balaban J connectivity index is 1.85. The molecule has 0 spiro atoms. The molecule has 8 nitrogen and oxygen atoms in total. The van der Waals surface area contributed by atoms with E-state index in [4.69, 9.17) is 22.9 Å². The number of pyridine rings is 1. The highest BCUT2D eigenvalue weighted by molar-refractivity contribution is 6.30. The van der Waals surface area contributed by atoms with Crippen LogP contribution in [0.25, 0.3) is 15.7 Å². The van der Waals surface area contributed by atoms with E-state index in [1.807, 2.05) is 20.8 Å². The summed E-state index contributed by atoms with van der Waals surface area (Å²) in [5.74, 6) is 0.725.